The second kappa shape index (κ2) is 8.91. The highest BCUT2D eigenvalue weighted by Gasteiger charge is 2.11. The average molecular weight is 242 g/mol. The van der Waals surface area contributed by atoms with Crippen LogP contribution in [0.3, 0.4) is 0 Å². The van der Waals surface area contributed by atoms with Crippen LogP contribution in [0.5, 0.6) is 0 Å². The summed E-state index contributed by atoms with van der Waals surface area (Å²) in [6.45, 7) is 5.51. The molecule has 1 heterocycles. The number of unbranched alkanes of at least 4 members (excludes halogenated alkanes) is 5. The van der Waals surface area contributed by atoms with E-state index in [0.717, 1.165) is 6.54 Å². The van der Waals surface area contributed by atoms with Crippen molar-refractivity contribution in [2.24, 2.45) is 4.99 Å². The molecule has 0 aromatic heterocycles. The number of hydrogen-bond acceptors (Lipinski definition) is 2. The lowest BCUT2D eigenvalue weighted by Gasteiger charge is -2.21. The number of hydrogen-bond donors (Lipinski definition) is 1. The Morgan fingerprint density at radius 1 is 1.25 bits per heavy atom. The van der Waals surface area contributed by atoms with Crippen LogP contribution in [0, 0.1) is 0 Å². The van der Waals surface area contributed by atoms with Crippen molar-refractivity contribution in [3.05, 3.63) is 0 Å². The molecule has 0 aromatic rings. The van der Waals surface area contributed by atoms with E-state index in [1.807, 2.05) is 11.8 Å². The van der Waals surface area contributed by atoms with E-state index in [-0.39, 0.29) is 0 Å². The van der Waals surface area contributed by atoms with E-state index in [2.05, 4.69) is 24.2 Å². The predicted octanol–water partition coefficient (Wildman–Crippen LogP) is 3.82. The van der Waals surface area contributed by atoms with Crippen molar-refractivity contribution in [1.29, 1.82) is 0 Å². The minimum Gasteiger partial charge on any atom is -0.362 e. The van der Waals surface area contributed by atoms with Gasteiger partial charge in [0.2, 0.25) is 0 Å². The maximum Gasteiger partial charge on any atom is 0.156 e. The van der Waals surface area contributed by atoms with Crippen LogP contribution in [0.15, 0.2) is 4.99 Å². The van der Waals surface area contributed by atoms with Crippen LogP contribution >= 0.6 is 11.8 Å². The molecule has 0 amide bonds. The van der Waals surface area contributed by atoms with Crippen molar-refractivity contribution in [2.75, 3.05) is 12.3 Å². The third-order valence-electron chi connectivity index (χ3n) is 2.93. The van der Waals surface area contributed by atoms with Crippen molar-refractivity contribution in [3.63, 3.8) is 0 Å². The summed E-state index contributed by atoms with van der Waals surface area (Å²) < 4.78 is 0. The number of amidine groups is 1. The number of nitrogens with one attached hydrogen (secondary N) is 1. The molecule has 0 saturated carbocycles. The molecule has 1 rings (SSSR count). The predicted molar refractivity (Wildman–Crippen MR) is 75.4 cm³/mol. The molecule has 1 saturated heterocycles. The monoisotopic (exact) mass is 242 g/mol. The van der Waals surface area contributed by atoms with Crippen LogP contribution in [0.1, 0.15) is 58.8 Å². The highest BCUT2D eigenvalue weighted by Crippen LogP contribution is 2.13. The van der Waals surface area contributed by atoms with Gasteiger partial charge in [0.15, 0.2) is 5.17 Å². The summed E-state index contributed by atoms with van der Waals surface area (Å²) in [4.78, 5) is 4.62. The summed E-state index contributed by atoms with van der Waals surface area (Å²) in [6.07, 6.45) is 9.37. The molecule has 1 aliphatic heterocycles. The number of aliphatic imine (C=N–C) groups is 1. The Labute approximate surface area is 105 Å². The Bertz CT molecular complexity index is 204. The lowest BCUT2D eigenvalue weighted by atomic mass is 10.1. The molecule has 3 heteroatoms. The molecule has 0 spiro atoms. The molecular weight excluding hydrogens is 216 g/mol. The molecule has 1 N–H and O–H groups in total. The van der Waals surface area contributed by atoms with E-state index >= 15 is 0 Å². The third kappa shape index (κ3) is 6.41. The first kappa shape index (κ1) is 13.9. The van der Waals surface area contributed by atoms with Gasteiger partial charge >= 0.3 is 0 Å². The SMILES string of the molecule is CCCCCCCCN=C1NC(C)CCS1. The lowest BCUT2D eigenvalue weighted by molar-refractivity contribution is 0.609. The lowest BCUT2D eigenvalue weighted by Crippen LogP contribution is -2.35. The maximum atomic E-state index is 4.62. The van der Waals surface area contributed by atoms with Crippen molar-refractivity contribution in [3.8, 4) is 0 Å². The summed E-state index contributed by atoms with van der Waals surface area (Å²) >= 11 is 1.88. The molecule has 1 unspecified atom stereocenters. The molecule has 0 aliphatic carbocycles. The Hall–Kier alpha value is -0.180. The smallest absolute Gasteiger partial charge is 0.156 e. The topological polar surface area (TPSA) is 24.4 Å². The third-order valence-corrected chi connectivity index (χ3v) is 3.89. The van der Waals surface area contributed by atoms with Gasteiger partial charge in [-0.1, -0.05) is 50.8 Å². The zero-order chi connectivity index (χ0) is 11.6. The van der Waals surface area contributed by atoms with Gasteiger partial charge in [-0.25, -0.2) is 0 Å². The Morgan fingerprint density at radius 3 is 2.75 bits per heavy atom. The summed E-state index contributed by atoms with van der Waals surface area (Å²) in [5.41, 5.74) is 0. The van der Waals surface area contributed by atoms with Gasteiger partial charge in [0.25, 0.3) is 0 Å². The Kier molecular flexibility index (Phi) is 7.73. The highest BCUT2D eigenvalue weighted by molar-refractivity contribution is 8.13. The minimum absolute atomic E-state index is 0.615. The van der Waals surface area contributed by atoms with Crippen molar-refractivity contribution in [2.45, 2.75) is 64.8 Å². The Morgan fingerprint density at radius 2 is 2.00 bits per heavy atom. The fourth-order valence-electron chi connectivity index (χ4n) is 1.82. The molecule has 1 atom stereocenters. The van der Waals surface area contributed by atoms with Gasteiger partial charge in [-0.05, 0) is 19.8 Å². The Balaban J connectivity index is 1.98. The van der Waals surface area contributed by atoms with Gasteiger partial charge < -0.3 is 5.32 Å². The van der Waals surface area contributed by atoms with Crippen LogP contribution < -0.4 is 5.32 Å². The first-order chi connectivity index (χ1) is 7.83. The second-order valence-corrected chi connectivity index (χ2v) is 5.72. The quantitative estimate of drug-likeness (QED) is 0.686. The van der Waals surface area contributed by atoms with Crippen molar-refractivity contribution >= 4 is 16.9 Å². The summed E-state index contributed by atoms with van der Waals surface area (Å²) in [5, 5.41) is 4.61. The van der Waals surface area contributed by atoms with Gasteiger partial charge in [-0.3, -0.25) is 4.99 Å². The number of nitrogens with zero attached hydrogens (tertiary/aromatic N) is 1. The number of thioether (sulfide) groups is 1. The van der Waals surface area contributed by atoms with Crippen LogP contribution in [-0.4, -0.2) is 23.5 Å². The fourth-order valence-corrected chi connectivity index (χ4v) is 2.95. The first-order valence-corrected chi connectivity index (χ1v) is 7.75. The molecular formula is C13H26N2S. The van der Waals surface area contributed by atoms with E-state index in [1.165, 1.54) is 55.9 Å². The van der Waals surface area contributed by atoms with E-state index in [1.54, 1.807) is 0 Å². The van der Waals surface area contributed by atoms with Gasteiger partial charge in [-0.15, -0.1) is 0 Å². The van der Waals surface area contributed by atoms with Crippen LogP contribution in [0.25, 0.3) is 0 Å². The zero-order valence-corrected chi connectivity index (χ0v) is 11.6. The van der Waals surface area contributed by atoms with Crippen LogP contribution in [0.4, 0.5) is 0 Å². The highest BCUT2D eigenvalue weighted by atomic mass is 32.2. The second-order valence-electron chi connectivity index (χ2n) is 4.64. The molecule has 0 radical (unpaired) electrons. The molecule has 0 bridgehead atoms. The van der Waals surface area contributed by atoms with Crippen molar-refractivity contribution < 1.29 is 0 Å². The normalized spacial score (nSPS) is 23.4. The van der Waals surface area contributed by atoms with E-state index in [4.69, 9.17) is 0 Å². The largest absolute Gasteiger partial charge is 0.362 e. The average Bonchev–Trinajstić information content (AvgIpc) is 2.28. The van der Waals surface area contributed by atoms with E-state index in [9.17, 15) is 0 Å². The summed E-state index contributed by atoms with van der Waals surface area (Å²) in [5.74, 6) is 1.23. The molecule has 94 valence electrons. The zero-order valence-electron chi connectivity index (χ0n) is 10.8. The molecule has 0 aromatic carbocycles. The molecule has 1 aliphatic rings. The van der Waals surface area contributed by atoms with Crippen molar-refractivity contribution in [1.82, 2.24) is 5.32 Å². The van der Waals surface area contributed by atoms with Crippen LogP contribution in [-0.2, 0) is 0 Å². The van der Waals surface area contributed by atoms with Crippen LogP contribution in [0.2, 0.25) is 0 Å². The maximum absolute atomic E-state index is 4.62. The van der Waals surface area contributed by atoms with Gasteiger partial charge in [0.1, 0.15) is 0 Å². The summed E-state index contributed by atoms with van der Waals surface area (Å²) in [6, 6.07) is 0.615. The van der Waals surface area contributed by atoms with Gasteiger partial charge in [-0.2, -0.15) is 0 Å². The van der Waals surface area contributed by atoms with E-state index in [0.29, 0.717) is 6.04 Å². The molecule has 1 fully saturated rings. The van der Waals surface area contributed by atoms with Gasteiger partial charge in [0, 0.05) is 18.3 Å². The minimum atomic E-state index is 0.615. The fraction of sp³-hybridized carbons (Fsp3) is 0.923. The first-order valence-electron chi connectivity index (χ1n) is 6.76. The molecule has 16 heavy (non-hydrogen) atoms. The van der Waals surface area contributed by atoms with Gasteiger partial charge in [0.05, 0.1) is 0 Å². The molecule has 2 nitrogen and oxygen atoms in total. The van der Waals surface area contributed by atoms with E-state index < -0.39 is 0 Å². The summed E-state index contributed by atoms with van der Waals surface area (Å²) in [7, 11) is 0. The standard InChI is InChI=1S/C13H26N2S/c1-3-4-5-6-7-8-10-14-13-15-12(2)9-11-16-13/h12H,3-11H2,1-2H3,(H,14,15). The number of rotatable bonds is 7.